The maximum absolute atomic E-state index is 11.4. The predicted octanol–water partition coefficient (Wildman–Crippen LogP) is 3.60. The van der Waals surface area contributed by atoms with Crippen molar-refractivity contribution in [2.75, 3.05) is 27.7 Å². The second-order valence-corrected chi connectivity index (χ2v) is 6.87. The molecule has 0 bridgehead atoms. The van der Waals surface area contributed by atoms with Gasteiger partial charge in [-0.25, -0.2) is 0 Å². The van der Waals surface area contributed by atoms with Crippen LogP contribution in [0.3, 0.4) is 0 Å². The van der Waals surface area contributed by atoms with Crippen LogP contribution in [0.15, 0.2) is 36.4 Å². The van der Waals surface area contributed by atoms with Crippen molar-refractivity contribution in [3.8, 4) is 5.75 Å². The predicted molar refractivity (Wildman–Crippen MR) is 94.6 cm³/mol. The highest BCUT2D eigenvalue weighted by atomic mass is 16.5. The Balaban J connectivity index is 1.99. The van der Waals surface area contributed by atoms with E-state index in [-0.39, 0.29) is 5.92 Å². The number of hydrogen-bond acceptors (Lipinski definition) is 3. The van der Waals surface area contributed by atoms with Gasteiger partial charge in [0.1, 0.15) is 5.75 Å². The molecule has 2 aromatic rings. The SMILES string of the molecule is COc1ccc2cc(C3(O)CC[CH]CC3CN(C)C)ccc2c1. The van der Waals surface area contributed by atoms with Crippen LogP contribution in [0.5, 0.6) is 5.75 Å². The third-order valence-corrected chi connectivity index (χ3v) is 4.99. The Bertz CT molecular complexity index is 682. The maximum atomic E-state index is 11.4. The normalized spacial score (nSPS) is 25.0. The molecule has 23 heavy (non-hydrogen) atoms. The third-order valence-electron chi connectivity index (χ3n) is 4.99. The lowest BCUT2D eigenvalue weighted by Crippen LogP contribution is -2.43. The van der Waals surface area contributed by atoms with Gasteiger partial charge in [0.05, 0.1) is 12.7 Å². The zero-order valence-electron chi connectivity index (χ0n) is 14.2. The van der Waals surface area contributed by atoms with Crippen LogP contribution in [0, 0.1) is 12.3 Å². The standard InChI is InChI=1S/C20H26NO2/c1-21(2)14-18-6-4-5-11-20(18,22)17-9-7-16-13-19(23-3)10-8-15(16)12-17/h4,7-10,12-13,18,22H,5-6,11,14H2,1-3H3. The summed E-state index contributed by atoms with van der Waals surface area (Å²) in [6.07, 6.45) is 5.05. The third kappa shape index (κ3) is 3.22. The second kappa shape index (κ2) is 6.50. The van der Waals surface area contributed by atoms with Crippen LogP contribution in [0.25, 0.3) is 10.8 Å². The van der Waals surface area contributed by atoms with Gasteiger partial charge in [-0.2, -0.15) is 0 Å². The Morgan fingerprint density at radius 2 is 1.91 bits per heavy atom. The molecule has 1 fully saturated rings. The number of nitrogens with zero attached hydrogens (tertiary/aromatic N) is 1. The number of benzene rings is 2. The van der Waals surface area contributed by atoms with Crippen molar-refractivity contribution in [3.63, 3.8) is 0 Å². The molecule has 2 atom stereocenters. The summed E-state index contributed by atoms with van der Waals surface area (Å²) in [5.74, 6) is 1.10. The lowest BCUT2D eigenvalue weighted by atomic mass is 9.71. The van der Waals surface area contributed by atoms with Crippen molar-refractivity contribution in [1.82, 2.24) is 4.90 Å². The van der Waals surface area contributed by atoms with E-state index in [2.05, 4.69) is 49.7 Å². The summed E-state index contributed by atoms with van der Waals surface area (Å²) in [4.78, 5) is 2.17. The Morgan fingerprint density at radius 3 is 2.65 bits per heavy atom. The average molecular weight is 312 g/mol. The number of rotatable bonds is 4. The fraction of sp³-hybridized carbons (Fsp3) is 0.450. The summed E-state index contributed by atoms with van der Waals surface area (Å²) in [5, 5.41) is 13.7. The molecule has 1 saturated carbocycles. The quantitative estimate of drug-likeness (QED) is 0.936. The number of ether oxygens (including phenoxy) is 1. The first kappa shape index (κ1) is 16.3. The van der Waals surface area contributed by atoms with E-state index >= 15 is 0 Å². The van der Waals surface area contributed by atoms with Gasteiger partial charge >= 0.3 is 0 Å². The summed E-state index contributed by atoms with van der Waals surface area (Å²) < 4.78 is 5.29. The molecule has 0 amide bonds. The molecular weight excluding hydrogens is 286 g/mol. The molecule has 1 aliphatic carbocycles. The molecule has 0 aromatic heterocycles. The molecule has 3 nitrogen and oxygen atoms in total. The monoisotopic (exact) mass is 312 g/mol. The number of hydrogen-bond donors (Lipinski definition) is 1. The van der Waals surface area contributed by atoms with Crippen molar-refractivity contribution >= 4 is 10.8 Å². The molecule has 123 valence electrons. The molecule has 1 radical (unpaired) electrons. The summed E-state index contributed by atoms with van der Waals surface area (Å²) in [7, 11) is 5.83. The minimum Gasteiger partial charge on any atom is -0.497 e. The van der Waals surface area contributed by atoms with Gasteiger partial charge in [0.25, 0.3) is 0 Å². The summed E-state index contributed by atoms with van der Waals surface area (Å²) in [5.41, 5.74) is 0.294. The highest BCUT2D eigenvalue weighted by Gasteiger charge is 2.40. The van der Waals surface area contributed by atoms with Crippen LogP contribution in [0.2, 0.25) is 0 Å². The van der Waals surface area contributed by atoms with E-state index in [1.54, 1.807) is 7.11 Å². The Morgan fingerprint density at radius 1 is 1.17 bits per heavy atom. The van der Waals surface area contributed by atoms with Crippen LogP contribution in [-0.2, 0) is 5.60 Å². The molecule has 2 unspecified atom stereocenters. The summed E-state index contributed by atoms with van der Waals surface area (Å²) in [6, 6.07) is 12.4. The Kier molecular flexibility index (Phi) is 4.60. The van der Waals surface area contributed by atoms with Gasteiger partial charge in [0.15, 0.2) is 0 Å². The number of methoxy groups -OCH3 is 1. The molecule has 1 aliphatic rings. The van der Waals surface area contributed by atoms with Gasteiger partial charge in [-0.15, -0.1) is 0 Å². The van der Waals surface area contributed by atoms with Gasteiger partial charge in [0.2, 0.25) is 0 Å². The van der Waals surface area contributed by atoms with Crippen molar-refractivity contribution in [2.24, 2.45) is 5.92 Å². The molecule has 0 spiro atoms. The van der Waals surface area contributed by atoms with Crippen LogP contribution >= 0.6 is 0 Å². The number of fused-ring (bicyclic) bond motifs is 1. The minimum absolute atomic E-state index is 0.238. The lowest BCUT2D eigenvalue weighted by molar-refractivity contribution is -0.0520. The maximum Gasteiger partial charge on any atom is 0.119 e. The summed E-state index contributed by atoms with van der Waals surface area (Å²) >= 11 is 0. The van der Waals surface area contributed by atoms with E-state index in [0.717, 1.165) is 47.9 Å². The van der Waals surface area contributed by atoms with Gasteiger partial charge in [-0.3, -0.25) is 0 Å². The molecule has 1 N–H and O–H groups in total. The topological polar surface area (TPSA) is 32.7 Å². The summed E-state index contributed by atoms with van der Waals surface area (Å²) in [6.45, 7) is 0.896. The van der Waals surface area contributed by atoms with Crippen molar-refractivity contribution in [1.29, 1.82) is 0 Å². The van der Waals surface area contributed by atoms with Gasteiger partial charge in [0, 0.05) is 12.5 Å². The Labute approximate surface area is 138 Å². The van der Waals surface area contributed by atoms with Gasteiger partial charge in [-0.1, -0.05) is 18.2 Å². The number of aliphatic hydroxyl groups is 1. The fourth-order valence-corrected chi connectivity index (χ4v) is 3.71. The Hall–Kier alpha value is -1.58. The van der Waals surface area contributed by atoms with E-state index in [0.29, 0.717) is 0 Å². The second-order valence-electron chi connectivity index (χ2n) is 6.87. The smallest absolute Gasteiger partial charge is 0.119 e. The molecular formula is C20H26NO2. The van der Waals surface area contributed by atoms with Gasteiger partial charge in [-0.05, 0) is 74.3 Å². The first-order chi connectivity index (χ1) is 11.0. The van der Waals surface area contributed by atoms with E-state index in [1.807, 2.05) is 12.1 Å². The molecule has 0 aliphatic heterocycles. The lowest BCUT2D eigenvalue weighted by Gasteiger charge is -2.41. The molecule has 3 rings (SSSR count). The van der Waals surface area contributed by atoms with E-state index in [9.17, 15) is 5.11 Å². The minimum atomic E-state index is -0.743. The van der Waals surface area contributed by atoms with Crippen LogP contribution < -0.4 is 4.74 Å². The first-order valence-corrected chi connectivity index (χ1v) is 8.30. The van der Waals surface area contributed by atoms with Crippen LogP contribution in [0.1, 0.15) is 24.8 Å². The van der Waals surface area contributed by atoms with Crippen molar-refractivity contribution < 1.29 is 9.84 Å². The fourth-order valence-electron chi connectivity index (χ4n) is 3.71. The van der Waals surface area contributed by atoms with E-state index in [4.69, 9.17) is 4.74 Å². The van der Waals surface area contributed by atoms with Gasteiger partial charge < -0.3 is 14.7 Å². The van der Waals surface area contributed by atoms with Crippen molar-refractivity contribution in [2.45, 2.75) is 24.9 Å². The van der Waals surface area contributed by atoms with Crippen LogP contribution in [0.4, 0.5) is 0 Å². The van der Waals surface area contributed by atoms with Crippen molar-refractivity contribution in [3.05, 3.63) is 48.4 Å². The molecule has 0 heterocycles. The highest BCUT2D eigenvalue weighted by molar-refractivity contribution is 5.84. The average Bonchev–Trinajstić information content (AvgIpc) is 2.55. The zero-order valence-corrected chi connectivity index (χ0v) is 14.2. The molecule has 2 aromatic carbocycles. The largest absolute Gasteiger partial charge is 0.497 e. The highest BCUT2D eigenvalue weighted by Crippen LogP contribution is 2.42. The zero-order chi connectivity index (χ0) is 16.4. The van der Waals surface area contributed by atoms with Crippen LogP contribution in [-0.4, -0.2) is 37.8 Å². The molecule has 3 heteroatoms. The first-order valence-electron chi connectivity index (χ1n) is 8.30. The van der Waals surface area contributed by atoms with E-state index < -0.39 is 5.60 Å². The molecule has 0 saturated heterocycles. The van der Waals surface area contributed by atoms with E-state index in [1.165, 1.54) is 0 Å².